The number of hydrogen-bond donors (Lipinski definition) is 1. The standard InChI is InChI=1S/C13H21N3O3S/c1-13(2,3)16-10(7-9-5-4-6-19-9)14-15-12(16)20-8-11(17)18/h9H,4-8H2,1-3H3,(H,17,18). The van der Waals surface area contributed by atoms with E-state index in [1.165, 1.54) is 11.8 Å². The van der Waals surface area contributed by atoms with Gasteiger partial charge in [0.2, 0.25) is 0 Å². The number of nitrogens with zero attached hydrogens (tertiary/aromatic N) is 3. The lowest BCUT2D eigenvalue weighted by atomic mass is 10.1. The van der Waals surface area contributed by atoms with Gasteiger partial charge in [-0.05, 0) is 33.6 Å². The number of carboxylic acids is 1. The van der Waals surface area contributed by atoms with Crippen molar-refractivity contribution in [2.45, 2.75) is 56.8 Å². The summed E-state index contributed by atoms with van der Waals surface area (Å²) in [6, 6.07) is 0. The minimum Gasteiger partial charge on any atom is -0.481 e. The molecule has 7 heteroatoms. The molecular formula is C13H21N3O3S. The molecule has 112 valence electrons. The van der Waals surface area contributed by atoms with Crippen LogP contribution in [0.1, 0.15) is 39.4 Å². The van der Waals surface area contributed by atoms with Crippen LogP contribution in [0, 0.1) is 0 Å². The normalized spacial score (nSPS) is 19.4. The minimum absolute atomic E-state index is 0.00581. The van der Waals surface area contributed by atoms with Gasteiger partial charge in [-0.15, -0.1) is 10.2 Å². The minimum atomic E-state index is -0.848. The van der Waals surface area contributed by atoms with E-state index < -0.39 is 5.97 Å². The molecule has 1 aromatic rings. The first-order chi connectivity index (χ1) is 9.38. The molecule has 0 saturated carbocycles. The smallest absolute Gasteiger partial charge is 0.313 e. The van der Waals surface area contributed by atoms with Crippen molar-refractivity contribution in [3.63, 3.8) is 0 Å². The van der Waals surface area contributed by atoms with Crippen LogP contribution in [0.5, 0.6) is 0 Å². The third kappa shape index (κ3) is 3.73. The van der Waals surface area contributed by atoms with Gasteiger partial charge in [0.05, 0.1) is 11.9 Å². The number of aromatic nitrogens is 3. The quantitative estimate of drug-likeness (QED) is 0.837. The summed E-state index contributed by atoms with van der Waals surface area (Å²) < 4.78 is 7.68. The maximum atomic E-state index is 10.7. The molecule has 0 spiro atoms. The third-order valence-corrected chi connectivity index (χ3v) is 4.04. The van der Waals surface area contributed by atoms with Crippen molar-refractivity contribution in [1.29, 1.82) is 0 Å². The number of carboxylic acid groups (broad SMARTS) is 1. The molecule has 1 atom stereocenters. The summed E-state index contributed by atoms with van der Waals surface area (Å²) in [7, 11) is 0. The number of rotatable bonds is 5. The fourth-order valence-corrected chi connectivity index (χ4v) is 3.19. The topological polar surface area (TPSA) is 77.2 Å². The van der Waals surface area contributed by atoms with Gasteiger partial charge < -0.3 is 14.4 Å². The van der Waals surface area contributed by atoms with Crippen LogP contribution >= 0.6 is 11.8 Å². The van der Waals surface area contributed by atoms with Crippen LogP contribution < -0.4 is 0 Å². The maximum Gasteiger partial charge on any atom is 0.313 e. The van der Waals surface area contributed by atoms with E-state index in [-0.39, 0.29) is 17.4 Å². The molecule has 2 heterocycles. The van der Waals surface area contributed by atoms with Crippen molar-refractivity contribution in [2.24, 2.45) is 0 Å². The highest BCUT2D eigenvalue weighted by Gasteiger charge is 2.26. The van der Waals surface area contributed by atoms with E-state index in [1.807, 2.05) is 4.57 Å². The van der Waals surface area contributed by atoms with Crippen LogP contribution in [0.15, 0.2) is 5.16 Å². The molecule has 6 nitrogen and oxygen atoms in total. The highest BCUT2D eigenvalue weighted by atomic mass is 32.2. The van der Waals surface area contributed by atoms with Crippen LogP contribution in [0.4, 0.5) is 0 Å². The molecule has 1 unspecified atom stereocenters. The van der Waals surface area contributed by atoms with Crippen molar-refractivity contribution in [3.05, 3.63) is 5.82 Å². The van der Waals surface area contributed by atoms with Gasteiger partial charge in [0.25, 0.3) is 0 Å². The van der Waals surface area contributed by atoms with Gasteiger partial charge in [-0.2, -0.15) is 0 Å². The van der Waals surface area contributed by atoms with Crippen LogP contribution in [0.3, 0.4) is 0 Å². The average Bonchev–Trinajstić information content (AvgIpc) is 2.95. The van der Waals surface area contributed by atoms with E-state index in [2.05, 4.69) is 31.0 Å². The predicted molar refractivity (Wildman–Crippen MR) is 76.1 cm³/mol. The summed E-state index contributed by atoms with van der Waals surface area (Å²) in [5.41, 5.74) is -0.182. The van der Waals surface area contributed by atoms with E-state index in [9.17, 15) is 4.79 Å². The average molecular weight is 299 g/mol. The zero-order valence-electron chi connectivity index (χ0n) is 12.1. The van der Waals surface area contributed by atoms with Gasteiger partial charge in [0.1, 0.15) is 5.82 Å². The van der Waals surface area contributed by atoms with E-state index >= 15 is 0 Å². The van der Waals surface area contributed by atoms with Crippen molar-refractivity contribution in [3.8, 4) is 0 Å². The van der Waals surface area contributed by atoms with E-state index in [0.717, 1.165) is 31.7 Å². The Kier molecular flexibility index (Phi) is 4.70. The second-order valence-corrected chi connectivity index (χ2v) is 6.87. The third-order valence-electron chi connectivity index (χ3n) is 3.13. The number of ether oxygens (including phenoxy) is 1. The van der Waals surface area contributed by atoms with Crippen molar-refractivity contribution in [2.75, 3.05) is 12.4 Å². The first-order valence-electron chi connectivity index (χ1n) is 6.79. The van der Waals surface area contributed by atoms with Gasteiger partial charge >= 0.3 is 5.97 Å². The Hall–Kier alpha value is -1.08. The van der Waals surface area contributed by atoms with Gasteiger partial charge in [0, 0.05) is 18.6 Å². The molecule has 1 saturated heterocycles. The first kappa shape index (κ1) is 15.3. The van der Waals surface area contributed by atoms with Crippen molar-refractivity contribution >= 4 is 17.7 Å². The molecule has 0 bridgehead atoms. The molecule has 1 N–H and O–H groups in total. The Bertz CT molecular complexity index is 476. The summed E-state index contributed by atoms with van der Waals surface area (Å²) in [6.45, 7) is 7.02. The highest BCUT2D eigenvalue weighted by Crippen LogP contribution is 2.27. The molecular weight excluding hydrogens is 278 g/mol. The molecule has 0 radical (unpaired) electrons. The fourth-order valence-electron chi connectivity index (χ4n) is 2.34. The van der Waals surface area contributed by atoms with Crippen LogP contribution in [0.2, 0.25) is 0 Å². The monoisotopic (exact) mass is 299 g/mol. The van der Waals surface area contributed by atoms with E-state index in [1.54, 1.807) is 0 Å². The molecule has 1 fully saturated rings. The molecule has 1 aliphatic heterocycles. The molecule has 1 aliphatic rings. The number of thioether (sulfide) groups is 1. The zero-order valence-corrected chi connectivity index (χ0v) is 12.9. The number of aliphatic carboxylic acids is 1. The molecule has 0 aromatic carbocycles. The van der Waals surface area contributed by atoms with Crippen molar-refractivity contribution in [1.82, 2.24) is 14.8 Å². The summed E-state index contributed by atoms with van der Waals surface area (Å²) in [5, 5.41) is 17.9. The lowest BCUT2D eigenvalue weighted by molar-refractivity contribution is -0.133. The van der Waals surface area contributed by atoms with E-state index in [0.29, 0.717) is 5.16 Å². The van der Waals surface area contributed by atoms with Gasteiger partial charge in [-0.25, -0.2) is 0 Å². The van der Waals surface area contributed by atoms with Crippen LogP contribution in [0.25, 0.3) is 0 Å². The Morgan fingerprint density at radius 2 is 2.25 bits per heavy atom. The second kappa shape index (κ2) is 6.13. The van der Waals surface area contributed by atoms with Gasteiger partial charge in [-0.3, -0.25) is 4.79 Å². The van der Waals surface area contributed by atoms with Crippen molar-refractivity contribution < 1.29 is 14.6 Å². The Morgan fingerprint density at radius 1 is 1.50 bits per heavy atom. The summed E-state index contributed by atoms with van der Waals surface area (Å²) >= 11 is 1.21. The molecule has 2 rings (SSSR count). The predicted octanol–water partition coefficient (Wildman–Crippen LogP) is 1.93. The summed E-state index contributed by atoms with van der Waals surface area (Å²) in [6.07, 6.45) is 3.08. The Morgan fingerprint density at radius 3 is 2.80 bits per heavy atom. The SMILES string of the molecule is CC(C)(C)n1c(CC2CCCO2)nnc1SCC(=O)O. The number of hydrogen-bond acceptors (Lipinski definition) is 5. The summed E-state index contributed by atoms with van der Waals surface area (Å²) in [4.78, 5) is 10.7. The maximum absolute atomic E-state index is 10.7. The second-order valence-electron chi connectivity index (χ2n) is 5.93. The molecule has 0 amide bonds. The van der Waals surface area contributed by atoms with E-state index in [4.69, 9.17) is 9.84 Å². The molecule has 0 aliphatic carbocycles. The Labute approximate surface area is 122 Å². The number of carbonyl (C=O) groups is 1. The van der Waals surface area contributed by atoms with Crippen LogP contribution in [-0.2, 0) is 21.5 Å². The largest absolute Gasteiger partial charge is 0.481 e. The highest BCUT2D eigenvalue weighted by molar-refractivity contribution is 7.99. The zero-order chi connectivity index (χ0) is 14.8. The van der Waals surface area contributed by atoms with Gasteiger partial charge in [0.15, 0.2) is 5.16 Å². The van der Waals surface area contributed by atoms with Gasteiger partial charge in [-0.1, -0.05) is 11.8 Å². The molecule has 1 aromatic heterocycles. The fraction of sp³-hybridized carbons (Fsp3) is 0.769. The van der Waals surface area contributed by atoms with Crippen LogP contribution in [-0.4, -0.2) is 44.3 Å². The lowest BCUT2D eigenvalue weighted by Crippen LogP contribution is -2.27. The lowest BCUT2D eigenvalue weighted by Gasteiger charge is -2.25. The summed E-state index contributed by atoms with van der Waals surface area (Å²) in [5.74, 6) is 0.0187. The Balaban J connectivity index is 2.20. The first-order valence-corrected chi connectivity index (χ1v) is 7.77. The molecule has 20 heavy (non-hydrogen) atoms.